The van der Waals surface area contributed by atoms with Gasteiger partial charge >= 0.3 is 0 Å². The summed E-state index contributed by atoms with van der Waals surface area (Å²) in [5.74, 6) is -0.137. The second-order valence-electron chi connectivity index (χ2n) is 9.45. The fourth-order valence-corrected chi connectivity index (χ4v) is 4.94. The van der Waals surface area contributed by atoms with E-state index in [4.69, 9.17) is 10.8 Å². The predicted molar refractivity (Wildman–Crippen MR) is 129 cm³/mol. The SMILES string of the molecule is CC1=CC(C(=N)N2CCCC2=N)=CC=CC1NC(=O)c1cc2c(cc1F)CCN(C1CC1)C2.[HH]. The number of nitrogens with zero attached hydrogens (tertiary/aromatic N) is 2. The van der Waals surface area contributed by atoms with E-state index in [1.807, 2.05) is 31.2 Å². The number of hydrogen-bond acceptors (Lipinski definition) is 4. The van der Waals surface area contributed by atoms with E-state index in [0.717, 1.165) is 42.6 Å². The largest absolute Gasteiger partial charge is 0.342 e. The second-order valence-corrected chi connectivity index (χ2v) is 9.45. The van der Waals surface area contributed by atoms with Gasteiger partial charge in [0.15, 0.2) is 0 Å². The normalized spacial score (nSPS) is 23.0. The van der Waals surface area contributed by atoms with E-state index < -0.39 is 17.8 Å². The number of carbonyl (C=O) groups is 1. The van der Waals surface area contributed by atoms with Gasteiger partial charge in [0, 0.05) is 39.1 Å². The van der Waals surface area contributed by atoms with Crippen molar-refractivity contribution in [3.8, 4) is 0 Å². The van der Waals surface area contributed by atoms with Gasteiger partial charge in [0.1, 0.15) is 17.5 Å². The predicted octanol–water partition coefficient (Wildman–Crippen LogP) is 4.18. The zero-order valence-electron chi connectivity index (χ0n) is 19.0. The maximum atomic E-state index is 14.8. The van der Waals surface area contributed by atoms with Crippen LogP contribution in [0.15, 0.2) is 47.6 Å². The van der Waals surface area contributed by atoms with Gasteiger partial charge in [-0.25, -0.2) is 4.39 Å². The number of amidine groups is 2. The molecule has 7 heteroatoms. The van der Waals surface area contributed by atoms with Gasteiger partial charge in [0.05, 0.1) is 11.6 Å². The van der Waals surface area contributed by atoms with Gasteiger partial charge in [-0.15, -0.1) is 0 Å². The van der Waals surface area contributed by atoms with Crippen LogP contribution in [0, 0.1) is 16.6 Å². The molecule has 1 saturated carbocycles. The number of rotatable bonds is 4. The smallest absolute Gasteiger partial charge is 0.254 e. The molecule has 2 fully saturated rings. The summed E-state index contributed by atoms with van der Waals surface area (Å²) in [6.45, 7) is 4.32. The van der Waals surface area contributed by atoms with Gasteiger partial charge in [0.25, 0.3) is 5.91 Å². The molecule has 0 aromatic heterocycles. The zero-order valence-corrected chi connectivity index (χ0v) is 19.0. The number of allylic oxidation sites excluding steroid dienone is 2. The van der Waals surface area contributed by atoms with Crippen molar-refractivity contribution in [1.82, 2.24) is 15.1 Å². The fraction of sp³-hybridized carbons (Fsp3) is 0.423. The fourth-order valence-electron chi connectivity index (χ4n) is 4.94. The molecule has 6 nitrogen and oxygen atoms in total. The number of carbonyl (C=O) groups excluding carboxylic acids is 1. The van der Waals surface area contributed by atoms with Crippen LogP contribution in [0.25, 0.3) is 0 Å². The Balaban J connectivity index is 0.00000274. The van der Waals surface area contributed by atoms with E-state index >= 15 is 0 Å². The number of nitrogens with one attached hydrogen (secondary N) is 3. The van der Waals surface area contributed by atoms with Crippen LogP contribution in [-0.2, 0) is 13.0 Å². The minimum Gasteiger partial charge on any atom is -0.342 e. The van der Waals surface area contributed by atoms with Crippen LogP contribution in [-0.4, -0.2) is 52.6 Å². The first kappa shape index (κ1) is 21.8. The summed E-state index contributed by atoms with van der Waals surface area (Å²) in [6, 6.07) is 3.52. The van der Waals surface area contributed by atoms with Crippen LogP contribution in [0.5, 0.6) is 0 Å². The topological polar surface area (TPSA) is 83.3 Å². The Hall–Kier alpha value is -3.06. The van der Waals surface area contributed by atoms with E-state index in [-0.39, 0.29) is 6.99 Å². The van der Waals surface area contributed by atoms with Crippen molar-refractivity contribution in [3.63, 3.8) is 0 Å². The van der Waals surface area contributed by atoms with E-state index in [2.05, 4.69) is 10.2 Å². The molecule has 0 radical (unpaired) electrons. The molecule has 33 heavy (non-hydrogen) atoms. The first-order valence-corrected chi connectivity index (χ1v) is 11.8. The molecule has 1 saturated heterocycles. The monoisotopic (exact) mass is 449 g/mol. The quantitative estimate of drug-likeness (QED) is 0.476. The molecule has 174 valence electrons. The summed E-state index contributed by atoms with van der Waals surface area (Å²) in [4.78, 5) is 17.2. The van der Waals surface area contributed by atoms with Crippen LogP contribution in [0.3, 0.4) is 0 Å². The first-order valence-electron chi connectivity index (χ1n) is 11.8. The average Bonchev–Trinajstić information content (AvgIpc) is 3.58. The molecule has 1 amide bonds. The first-order chi connectivity index (χ1) is 15.9. The molecule has 5 rings (SSSR count). The Bertz CT molecular complexity index is 1120. The highest BCUT2D eigenvalue weighted by atomic mass is 19.1. The third-order valence-electron chi connectivity index (χ3n) is 7.04. The van der Waals surface area contributed by atoms with Gasteiger partial charge in [-0.2, -0.15) is 0 Å². The second kappa shape index (κ2) is 8.71. The molecular formula is C26H32FN5O. The summed E-state index contributed by atoms with van der Waals surface area (Å²) in [5.41, 5.74) is 3.70. The maximum Gasteiger partial charge on any atom is 0.254 e. The lowest BCUT2D eigenvalue weighted by Crippen LogP contribution is -2.36. The molecule has 1 unspecified atom stereocenters. The maximum absolute atomic E-state index is 14.8. The van der Waals surface area contributed by atoms with E-state index in [1.165, 1.54) is 18.9 Å². The van der Waals surface area contributed by atoms with Gasteiger partial charge in [-0.1, -0.05) is 18.2 Å². The van der Waals surface area contributed by atoms with Crippen molar-refractivity contribution in [2.75, 3.05) is 13.1 Å². The summed E-state index contributed by atoms with van der Waals surface area (Å²) < 4.78 is 14.8. The minimum atomic E-state index is -0.474. The van der Waals surface area contributed by atoms with Crippen LogP contribution in [0.2, 0.25) is 0 Å². The van der Waals surface area contributed by atoms with Crippen molar-refractivity contribution in [2.45, 2.75) is 57.7 Å². The number of fused-ring (bicyclic) bond motifs is 1. The Morgan fingerprint density at radius 2 is 2.03 bits per heavy atom. The summed E-state index contributed by atoms with van der Waals surface area (Å²) in [7, 11) is 0. The number of likely N-dealkylation sites (tertiary alicyclic amines) is 1. The summed E-state index contributed by atoms with van der Waals surface area (Å²) >= 11 is 0. The molecule has 2 heterocycles. The van der Waals surface area contributed by atoms with Crippen molar-refractivity contribution in [3.05, 3.63) is 70.1 Å². The third kappa shape index (κ3) is 4.42. The average molecular weight is 450 g/mol. The molecule has 0 spiro atoms. The number of amides is 1. The molecule has 1 aromatic carbocycles. The molecule has 4 aliphatic rings. The Labute approximate surface area is 195 Å². The van der Waals surface area contributed by atoms with Crippen molar-refractivity contribution in [2.24, 2.45) is 0 Å². The lowest BCUT2D eigenvalue weighted by molar-refractivity contribution is 0.0944. The molecule has 1 aromatic rings. The van der Waals surface area contributed by atoms with Gasteiger partial charge in [-0.3, -0.25) is 20.5 Å². The van der Waals surface area contributed by atoms with Crippen LogP contribution >= 0.6 is 0 Å². The highest BCUT2D eigenvalue weighted by Crippen LogP contribution is 2.32. The highest BCUT2D eigenvalue weighted by Gasteiger charge is 2.32. The minimum absolute atomic E-state index is 0. The molecule has 1 atom stereocenters. The standard InChI is InChI=1S/C26H30FN5O.H2/c1-16-12-18(25(29)32-10-3-6-24(32)28)4-2-5-23(16)30-26(33)21-13-19-15-31(20-7-8-20)11-9-17(19)14-22(21)27;/h2,4-5,12-14,20,23,28-29H,3,6-11,15H2,1H3,(H,30,33);1H. The van der Waals surface area contributed by atoms with Crippen LogP contribution in [0.1, 0.15) is 55.5 Å². The molecule has 3 N–H and O–H groups in total. The van der Waals surface area contributed by atoms with E-state index in [9.17, 15) is 9.18 Å². The molecule has 2 aliphatic carbocycles. The molecule has 2 aliphatic heterocycles. The van der Waals surface area contributed by atoms with Crippen molar-refractivity contribution >= 4 is 17.6 Å². The zero-order chi connectivity index (χ0) is 23.1. The number of halogens is 1. The van der Waals surface area contributed by atoms with Crippen LogP contribution < -0.4 is 5.32 Å². The number of benzene rings is 1. The third-order valence-corrected chi connectivity index (χ3v) is 7.04. The molecule has 0 bridgehead atoms. The van der Waals surface area contributed by atoms with Crippen LogP contribution in [0.4, 0.5) is 4.39 Å². The van der Waals surface area contributed by atoms with Gasteiger partial charge in [-0.05, 0) is 67.5 Å². The van der Waals surface area contributed by atoms with E-state index in [0.29, 0.717) is 36.3 Å². The highest BCUT2D eigenvalue weighted by molar-refractivity contribution is 6.09. The van der Waals surface area contributed by atoms with Crippen molar-refractivity contribution in [1.29, 1.82) is 10.8 Å². The lowest BCUT2D eigenvalue weighted by Gasteiger charge is -2.29. The Morgan fingerprint density at radius 3 is 2.76 bits per heavy atom. The van der Waals surface area contributed by atoms with Gasteiger partial charge in [0.2, 0.25) is 0 Å². The molecular weight excluding hydrogens is 417 g/mol. The summed E-state index contributed by atoms with van der Waals surface area (Å²) in [5, 5.41) is 19.5. The number of hydrogen-bond donors (Lipinski definition) is 3. The van der Waals surface area contributed by atoms with Crippen molar-refractivity contribution < 1.29 is 10.6 Å². The van der Waals surface area contributed by atoms with E-state index in [1.54, 1.807) is 11.0 Å². The summed E-state index contributed by atoms with van der Waals surface area (Å²) in [6.07, 6.45) is 12.2. The lowest BCUT2D eigenvalue weighted by atomic mass is 9.96. The Kier molecular flexibility index (Phi) is 5.74. The van der Waals surface area contributed by atoms with Gasteiger partial charge < -0.3 is 10.2 Å². The Morgan fingerprint density at radius 1 is 1.21 bits per heavy atom.